The van der Waals surface area contributed by atoms with Gasteiger partial charge in [-0.1, -0.05) is 17.7 Å². The van der Waals surface area contributed by atoms with Crippen LogP contribution in [0.15, 0.2) is 42.5 Å². The van der Waals surface area contributed by atoms with E-state index >= 15 is 0 Å². The van der Waals surface area contributed by atoms with Gasteiger partial charge in [0.2, 0.25) is 5.91 Å². The van der Waals surface area contributed by atoms with E-state index in [9.17, 15) is 9.18 Å². The molecule has 1 heterocycles. The van der Waals surface area contributed by atoms with Gasteiger partial charge in [0.15, 0.2) is 6.79 Å². The van der Waals surface area contributed by atoms with Crippen LogP contribution in [0.4, 0.5) is 10.1 Å². The molecule has 0 saturated heterocycles. The highest BCUT2D eigenvalue weighted by molar-refractivity contribution is 6.02. The summed E-state index contributed by atoms with van der Waals surface area (Å²) in [6.45, 7) is 2.39. The quantitative estimate of drug-likeness (QED) is 0.880. The van der Waals surface area contributed by atoms with Crippen LogP contribution in [0.5, 0.6) is 5.75 Å². The van der Waals surface area contributed by atoms with Gasteiger partial charge < -0.3 is 14.8 Å². The van der Waals surface area contributed by atoms with Gasteiger partial charge in [-0.05, 0) is 37.3 Å². The van der Waals surface area contributed by atoms with E-state index in [-0.39, 0.29) is 12.7 Å². The summed E-state index contributed by atoms with van der Waals surface area (Å²) in [4.78, 5) is 12.0. The molecule has 0 fully saturated rings. The van der Waals surface area contributed by atoms with Crippen LogP contribution in [-0.4, -0.2) is 12.7 Å². The van der Waals surface area contributed by atoms with E-state index in [0.717, 1.165) is 5.56 Å². The Morgan fingerprint density at radius 2 is 2.04 bits per heavy atom. The maximum Gasteiger partial charge on any atom is 0.248 e. The van der Waals surface area contributed by atoms with Crippen molar-refractivity contribution in [2.75, 3.05) is 12.1 Å². The number of hydrogen-bond donors (Lipinski definition) is 1. The van der Waals surface area contributed by atoms with Gasteiger partial charge >= 0.3 is 0 Å². The van der Waals surface area contributed by atoms with Crippen molar-refractivity contribution < 1.29 is 18.7 Å². The standard InChI is InChI=1S/C18H16FNO3/c1-12-2-5-16(6-3-12)20-17(21)7-4-13-8-15(19)9-14-10-22-11-23-18(13)14/h2-9H,10-11H2,1H3,(H,20,21)/b7-4+. The zero-order valence-electron chi connectivity index (χ0n) is 12.6. The Kier molecular flexibility index (Phi) is 4.39. The second kappa shape index (κ2) is 6.62. The number of nitrogens with one attached hydrogen (secondary N) is 1. The van der Waals surface area contributed by atoms with Crippen molar-refractivity contribution in [3.05, 3.63) is 65.0 Å². The van der Waals surface area contributed by atoms with E-state index < -0.39 is 5.82 Å². The number of hydrogen-bond acceptors (Lipinski definition) is 3. The van der Waals surface area contributed by atoms with Crippen LogP contribution >= 0.6 is 0 Å². The van der Waals surface area contributed by atoms with Gasteiger partial charge in [-0.25, -0.2) is 4.39 Å². The van der Waals surface area contributed by atoms with Gasteiger partial charge in [-0.15, -0.1) is 0 Å². The van der Waals surface area contributed by atoms with Crippen molar-refractivity contribution in [1.82, 2.24) is 0 Å². The third-order valence-electron chi connectivity index (χ3n) is 3.44. The average Bonchev–Trinajstić information content (AvgIpc) is 2.54. The summed E-state index contributed by atoms with van der Waals surface area (Å²) in [5.74, 6) is -0.132. The molecule has 0 unspecified atom stereocenters. The SMILES string of the molecule is Cc1ccc(NC(=O)/C=C/c2cc(F)cc3c2OCOC3)cc1. The minimum atomic E-state index is -0.392. The van der Waals surface area contributed by atoms with Crippen LogP contribution < -0.4 is 10.1 Å². The fourth-order valence-electron chi connectivity index (χ4n) is 2.32. The molecule has 1 N–H and O–H groups in total. The zero-order chi connectivity index (χ0) is 16.2. The molecule has 1 aliphatic rings. The molecular formula is C18H16FNO3. The largest absolute Gasteiger partial charge is 0.467 e. The lowest BCUT2D eigenvalue weighted by molar-refractivity contribution is -0.111. The molecule has 0 atom stereocenters. The summed E-state index contributed by atoms with van der Waals surface area (Å²) in [5.41, 5.74) is 2.97. The number of aryl methyl sites for hydroxylation is 1. The molecule has 0 spiro atoms. The van der Waals surface area contributed by atoms with Crippen molar-refractivity contribution in [2.24, 2.45) is 0 Å². The molecule has 0 saturated carbocycles. The first-order valence-corrected chi connectivity index (χ1v) is 7.20. The minimum Gasteiger partial charge on any atom is -0.467 e. The highest BCUT2D eigenvalue weighted by Gasteiger charge is 2.15. The summed E-state index contributed by atoms with van der Waals surface area (Å²) in [7, 11) is 0. The molecule has 3 rings (SSSR count). The molecule has 118 valence electrons. The van der Waals surface area contributed by atoms with E-state index in [0.29, 0.717) is 29.2 Å². The smallest absolute Gasteiger partial charge is 0.248 e. The number of fused-ring (bicyclic) bond motifs is 1. The normalized spacial score (nSPS) is 13.5. The fraction of sp³-hybridized carbons (Fsp3) is 0.167. The van der Waals surface area contributed by atoms with Crippen molar-refractivity contribution in [3.8, 4) is 5.75 Å². The molecule has 0 bridgehead atoms. The van der Waals surface area contributed by atoms with Crippen LogP contribution in [0.1, 0.15) is 16.7 Å². The first-order valence-electron chi connectivity index (χ1n) is 7.20. The van der Waals surface area contributed by atoms with Gasteiger partial charge in [-0.3, -0.25) is 4.79 Å². The lowest BCUT2D eigenvalue weighted by Gasteiger charge is -2.19. The summed E-state index contributed by atoms with van der Waals surface area (Å²) < 4.78 is 24.1. The Bertz CT molecular complexity index is 754. The van der Waals surface area contributed by atoms with E-state index in [2.05, 4.69) is 5.32 Å². The molecule has 0 radical (unpaired) electrons. The molecule has 2 aromatic carbocycles. The fourth-order valence-corrected chi connectivity index (χ4v) is 2.32. The maximum atomic E-state index is 13.6. The number of benzene rings is 2. The predicted octanol–water partition coefficient (Wildman–Crippen LogP) is 3.65. The second-order valence-electron chi connectivity index (χ2n) is 5.28. The predicted molar refractivity (Wildman–Crippen MR) is 85.5 cm³/mol. The Morgan fingerprint density at radius 1 is 1.26 bits per heavy atom. The first-order chi connectivity index (χ1) is 11.1. The van der Waals surface area contributed by atoms with Crippen LogP contribution in [-0.2, 0) is 16.1 Å². The third kappa shape index (κ3) is 3.76. The van der Waals surface area contributed by atoms with Crippen molar-refractivity contribution in [1.29, 1.82) is 0 Å². The molecule has 0 aromatic heterocycles. The average molecular weight is 313 g/mol. The number of anilines is 1. The van der Waals surface area contributed by atoms with Crippen LogP contribution in [0.3, 0.4) is 0 Å². The Balaban J connectivity index is 1.76. The number of halogens is 1. The second-order valence-corrected chi connectivity index (χ2v) is 5.28. The highest BCUT2D eigenvalue weighted by atomic mass is 19.1. The molecule has 2 aromatic rings. The third-order valence-corrected chi connectivity index (χ3v) is 3.44. The molecule has 5 heteroatoms. The topological polar surface area (TPSA) is 47.6 Å². The van der Waals surface area contributed by atoms with E-state index in [1.807, 2.05) is 31.2 Å². The lowest BCUT2D eigenvalue weighted by Crippen LogP contribution is -2.13. The first kappa shape index (κ1) is 15.2. The van der Waals surface area contributed by atoms with E-state index in [4.69, 9.17) is 9.47 Å². The Morgan fingerprint density at radius 3 is 2.83 bits per heavy atom. The maximum absolute atomic E-state index is 13.6. The summed E-state index contributed by atoms with van der Waals surface area (Å²) in [6, 6.07) is 10.2. The molecule has 23 heavy (non-hydrogen) atoms. The van der Waals surface area contributed by atoms with E-state index in [1.54, 1.807) is 0 Å². The monoisotopic (exact) mass is 313 g/mol. The number of carbonyl (C=O) groups excluding carboxylic acids is 1. The lowest BCUT2D eigenvalue weighted by atomic mass is 10.1. The zero-order valence-corrected chi connectivity index (χ0v) is 12.6. The van der Waals surface area contributed by atoms with Gasteiger partial charge in [-0.2, -0.15) is 0 Å². The number of ether oxygens (including phenoxy) is 2. The van der Waals surface area contributed by atoms with E-state index in [1.165, 1.54) is 24.3 Å². The minimum absolute atomic E-state index is 0.120. The van der Waals surface area contributed by atoms with Crippen LogP contribution in [0, 0.1) is 12.7 Å². The summed E-state index contributed by atoms with van der Waals surface area (Å²) in [6.07, 6.45) is 2.89. The van der Waals surface area contributed by atoms with Crippen LogP contribution in [0.2, 0.25) is 0 Å². The van der Waals surface area contributed by atoms with Crippen LogP contribution in [0.25, 0.3) is 6.08 Å². The van der Waals surface area contributed by atoms with Gasteiger partial charge in [0.25, 0.3) is 0 Å². The van der Waals surface area contributed by atoms with Crippen molar-refractivity contribution >= 4 is 17.7 Å². The Hall–Kier alpha value is -2.66. The molecule has 4 nitrogen and oxygen atoms in total. The van der Waals surface area contributed by atoms with Crippen molar-refractivity contribution in [3.63, 3.8) is 0 Å². The molecule has 0 aliphatic carbocycles. The van der Waals surface area contributed by atoms with Gasteiger partial charge in [0.05, 0.1) is 6.61 Å². The van der Waals surface area contributed by atoms with Crippen molar-refractivity contribution in [2.45, 2.75) is 13.5 Å². The number of carbonyl (C=O) groups is 1. The van der Waals surface area contributed by atoms with Gasteiger partial charge in [0, 0.05) is 22.9 Å². The van der Waals surface area contributed by atoms with Gasteiger partial charge in [0.1, 0.15) is 11.6 Å². The summed E-state index contributed by atoms with van der Waals surface area (Å²) >= 11 is 0. The molecular weight excluding hydrogens is 297 g/mol. The Labute approximate surface area is 133 Å². The number of amides is 1. The molecule has 1 amide bonds. The summed E-state index contributed by atoms with van der Waals surface area (Å²) in [5, 5.41) is 2.75. The number of rotatable bonds is 3. The molecule has 1 aliphatic heterocycles. The highest BCUT2D eigenvalue weighted by Crippen LogP contribution is 2.30.